The van der Waals surface area contributed by atoms with Gasteiger partial charge in [0.15, 0.2) is 0 Å². The maximum atomic E-state index is 3.49. The summed E-state index contributed by atoms with van der Waals surface area (Å²) < 4.78 is 0. The monoisotopic (exact) mass is 229 g/mol. The predicted octanol–water partition coefficient (Wildman–Crippen LogP) is 3.63. The Hall–Kier alpha value is 1.10. The van der Waals surface area contributed by atoms with Gasteiger partial charge in [0.05, 0.1) is 0 Å². The molecule has 1 saturated carbocycles. The normalized spacial score (nSPS) is 22.6. The van der Waals surface area contributed by atoms with Gasteiger partial charge < -0.3 is 13.3 Å². The van der Waals surface area contributed by atoms with Gasteiger partial charge in [-0.25, -0.2) is 0 Å². The predicted molar refractivity (Wildman–Crippen MR) is 47.6 cm³/mol. The molecule has 0 aromatic heterocycles. The first-order valence-corrected chi connectivity index (χ1v) is 4.43. The van der Waals surface area contributed by atoms with Crippen molar-refractivity contribution in [1.82, 2.24) is 0 Å². The second-order valence-corrected chi connectivity index (χ2v) is 3.00. The van der Waals surface area contributed by atoms with Crippen molar-refractivity contribution >= 4 is 0 Å². The van der Waals surface area contributed by atoms with Crippen LogP contribution in [0.5, 0.6) is 0 Å². The van der Waals surface area contributed by atoms with E-state index < -0.39 is 0 Å². The molecule has 1 rings (SSSR count). The van der Waals surface area contributed by atoms with Crippen molar-refractivity contribution in [2.75, 3.05) is 0 Å². The third-order valence-electron chi connectivity index (χ3n) is 1.68. The van der Waals surface area contributed by atoms with Crippen molar-refractivity contribution in [1.29, 1.82) is 0 Å². The maximum Gasteiger partial charge on any atom is 3.00 e. The first-order chi connectivity index (χ1) is 4.81. The summed E-state index contributed by atoms with van der Waals surface area (Å²) in [6, 6.07) is 0. The third kappa shape index (κ3) is 11.1. The molecule has 1 unspecified atom stereocenters. The molecule has 0 spiro atoms. The molecular weight excluding hydrogens is 209 g/mol. The molecule has 0 N–H and O–H groups in total. The van der Waals surface area contributed by atoms with Gasteiger partial charge in [0.2, 0.25) is 0 Å². The first-order valence-electron chi connectivity index (χ1n) is 4.43. The standard InChI is InChI=1S/C7H13.C3H7.Y/c1-7-5-3-2-4-6-7;1-3-2;/h5,7H,2-4,6H2,1H3;1,3H2,2H3;/q2*-1;+3. The van der Waals surface area contributed by atoms with Gasteiger partial charge in [-0.1, -0.05) is 33.1 Å². The zero-order chi connectivity index (χ0) is 7.82. The van der Waals surface area contributed by atoms with E-state index in [1.54, 1.807) is 0 Å². The van der Waals surface area contributed by atoms with Gasteiger partial charge in [0.1, 0.15) is 0 Å². The van der Waals surface area contributed by atoms with Crippen LogP contribution in [0.2, 0.25) is 0 Å². The van der Waals surface area contributed by atoms with Crippen LogP contribution in [0.25, 0.3) is 0 Å². The van der Waals surface area contributed by atoms with Crippen LogP contribution >= 0.6 is 0 Å². The summed E-state index contributed by atoms with van der Waals surface area (Å²) in [4.78, 5) is 0. The average molecular weight is 229 g/mol. The molecule has 0 aromatic carbocycles. The SMILES string of the molecule is CC1[CH-]CCCC1.[CH2-]CC.[Y+3]. The van der Waals surface area contributed by atoms with E-state index in [1.165, 1.54) is 25.7 Å². The van der Waals surface area contributed by atoms with Crippen LogP contribution < -0.4 is 0 Å². The van der Waals surface area contributed by atoms with Gasteiger partial charge in [-0.15, -0.1) is 0 Å². The third-order valence-corrected chi connectivity index (χ3v) is 1.68. The number of hydrogen-bond donors (Lipinski definition) is 0. The number of hydrogen-bond acceptors (Lipinski definition) is 0. The average Bonchev–Trinajstić information content (AvgIpc) is 1.91. The van der Waals surface area contributed by atoms with Crippen LogP contribution in [0.3, 0.4) is 0 Å². The summed E-state index contributed by atoms with van der Waals surface area (Å²) >= 11 is 0. The minimum Gasteiger partial charge on any atom is -0.344 e. The zero-order valence-electron chi connectivity index (χ0n) is 7.97. The molecule has 0 aliphatic heterocycles. The van der Waals surface area contributed by atoms with Crippen molar-refractivity contribution in [3.05, 3.63) is 13.3 Å². The Morgan fingerprint density at radius 3 is 2.18 bits per heavy atom. The summed E-state index contributed by atoms with van der Waals surface area (Å²) in [5, 5.41) is 0. The van der Waals surface area contributed by atoms with E-state index in [0.29, 0.717) is 0 Å². The van der Waals surface area contributed by atoms with Gasteiger partial charge in [0, 0.05) is 0 Å². The summed E-state index contributed by atoms with van der Waals surface area (Å²) in [5.74, 6) is 0.911. The molecule has 1 fully saturated rings. The second kappa shape index (κ2) is 11.1. The van der Waals surface area contributed by atoms with Gasteiger partial charge in [-0.2, -0.15) is 18.8 Å². The smallest absolute Gasteiger partial charge is 0.344 e. The largest absolute Gasteiger partial charge is 3.00 e. The Balaban J connectivity index is 0. The van der Waals surface area contributed by atoms with Gasteiger partial charge in [-0.3, -0.25) is 0 Å². The molecular formula is C10H20Y+. The van der Waals surface area contributed by atoms with E-state index in [-0.39, 0.29) is 32.7 Å². The molecule has 62 valence electrons. The molecule has 0 radical (unpaired) electrons. The minimum absolute atomic E-state index is 0. The van der Waals surface area contributed by atoms with Crippen LogP contribution in [-0.2, 0) is 32.7 Å². The Kier molecular flexibility index (Phi) is 14.8. The Morgan fingerprint density at radius 1 is 1.45 bits per heavy atom. The Morgan fingerprint density at radius 2 is 2.00 bits per heavy atom. The zero-order valence-corrected chi connectivity index (χ0v) is 10.8. The molecule has 11 heavy (non-hydrogen) atoms. The van der Waals surface area contributed by atoms with Crippen LogP contribution in [0.15, 0.2) is 0 Å². The van der Waals surface area contributed by atoms with E-state index in [4.69, 9.17) is 0 Å². The van der Waals surface area contributed by atoms with Crippen LogP contribution in [0.4, 0.5) is 0 Å². The molecule has 0 saturated heterocycles. The molecule has 0 nitrogen and oxygen atoms in total. The maximum absolute atomic E-state index is 3.49. The quantitative estimate of drug-likeness (QED) is 0.556. The van der Waals surface area contributed by atoms with Crippen molar-refractivity contribution < 1.29 is 32.7 Å². The molecule has 1 aliphatic carbocycles. The Labute approximate surface area is 97.4 Å². The molecule has 1 atom stereocenters. The van der Waals surface area contributed by atoms with Crippen LogP contribution in [-0.4, -0.2) is 0 Å². The van der Waals surface area contributed by atoms with E-state index in [2.05, 4.69) is 20.3 Å². The van der Waals surface area contributed by atoms with Crippen molar-refractivity contribution in [3.8, 4) is 0 Å². The molecule has 1 aliphatic rings. The van der Waals surface area contributed by atoms with E-state index in [0.717, 1.165) is 12.3 Å². The van der Waals surface area contributed by atoms with Crippen LogP contribution in [0.1, 0.15) is 46.0 Å². The fraction of sp³-hybridized carbons (Fsp3) is 0.800. The molecule has 0 aromatic rings. The fourth-order valence-corrected chi connectivity index (χ4v) is 1.13. The van der Waals surface area contributed by atoms with E-state index in [9.17, 15) is 0 Å². The summed E-state index contributed by atoms with van der Waals surface area (Å²) in [6.45, 7) is 7.80. The molecule has 0 bridgehead atoms. The second-order valence-electron chi connectivity index (χ2n) is 3.00. The summed E-state index contributed by atoms with van der Waals surface area (Å²) in [5.41, 5.74) is 0. The topological polar surface area (TPSA) is 0 Å². The molecule has 1 heteroatoms. The molecule has 0 amide bonds. The molecule has 0 heterocycles. The Bertz CT molecular complexity index is 55.9. The van der Waals surface area contributed by atoms with Crippen LogP contribution in [0, 0.1) is 19.3 Å². The summed E-state index contributed by atoms with van der Waals surface area (Å²) in [6.07, 6.45) is 9.12. The van der Waals surface area contributed by atoms with Crippen molar-refractivity contribution in [2.24, 2.45) is 5.92 Å². The first kappa shape index (κ1) is 14.6. The van der Waals surface area contributed by atoms with E-state index in [1.807, 2.05) is 6.92 Å². The van der Waals surface area contributed by atoms with Gasteiger partial charge in [-0.05, 0) is 0 Å². The fourth-order valence-electron chi connectivity index (χ4n) is 1.13. The van der Waals surface area contributed by atoms with E-state index >= 15 is 0 Å². The number of rotatable bonds is 0. The van der Waals surface area contributed by atoms with Crippen molar-refractivity contribution in [2.45, 2.75) is 46.0 Å². The minimum atomic E-state index is 0. The van der Waals surface area contributed by atoms with Gasteiger partial charge in [0.25, 0.3) is 0 Å². The van der Waals surface area contributed by atoms with Gasteiger partial charge >= 0.3 is 32.7 Å². The van der Waals surface area contributed by atoms with Crippen molar-refractivity contribution in [3.63, 3.8) is 0 Å². The summed E-state index contributed by atoms with van der Waals surface area (Å²) in [7, 11) is 0.